The standard InChI is InChI=1S/C10H9BrClFO2/c1-10(2,9(14)15)5-3-4-6(11)7(12)8(5)13/h3-4H,1-2H3,(H,14,15). The third-order valence-electron chi connectivity index (χ3n) is 2.24. The molecule has 0 fully saturated rings. The van der Waals surface area contributed by atoms with E-state index in [-0.39, 0.29) is 10.6 Å². The summed E-state index contributed by atoms with van der Waals surface area (Å²) in [7, 11) is 0. The van der Waals surface area contributed by atoms with Crippen LogP contribution in [0.25, 0.3) is 0 Å². The second kappa shape index (κ2) is 4.10. The largest absolute Gasteiger partial charge is 0.481 e. The normalized spacial score (nSPS) is 11.5. The highest BCUT2D eigenvalue weighted by molar-refractivity contribution is 9.10. The first-order valence-corrected chi connectivity index (χ1v) is 5.33. The number of hydrogen-bond acceptors (Lipinski definition) is 1. The van der Waals surface area contributed by atoms with Crippen molar-refractivity contribution in [3.63, 3.8) is 0 Å². The van der Waals surface area contributed by atoms with E-state index in [1.165, 1.54) is 26.0 Å². The first kappa shape index (κ1) is 12.5. The van der Waals surface area contributed by atoms with Crippen molar-refractivity contribution in [2.75, 3.05) is 0 Å². The van der Waals surface area contributed by atoms with Crippen molar-refractivity contribution in [3.8, 4) is 0 Å². The maximum Gasteiger partial charge on any atom is 0.313 e. The van der Waals surface area contributed by atoms with Crippen LogP contribution in [0.15, 0.2) is 16.6 Å². The van der Waals surface area contributed by atoms with E-state index in [0.29, 0.717) is 4.47 Å². The van der Waals surface area contributed by atoms with E-state index >= 15 is 0 Å². The van der Waals surface area contributed by atoms with E-state index in [0.717, 1.165) is 0 Å². The molecule has 0 bridgehead atoms. The third kappa shape index (κ3) is 2.16. The average Bonchev–Trinajstić information content (AvgIpc) is 2.13. The van der Waals surface area contributed by atoms with E-state index in [2.05, 4.69) is 15.9 Å². The van der Waals surface area contributed by atoms with Crippen molar-refractivity contribution < 1.29 is 14.3 Å². The molecule has 5 heteroatoms. The zero-order valence-electron chi connectivity index (χ0n) is 8.14. The fourth-order valence-electron chi connectivity index (χ4n) is 1.12. The summed E-state index contributed by atoms with van der Waals surface area (Å²) >= 11 is 8.74. The van der Waals surface area contributed by atoms with E-state index in [4.69, 9.17) is 16.7 Å². The molecule has 0 radical (unpaired) electrons. The molecule has 1 N–H and O–H groups in total. The summed E-state index contributed by atoms with van der Waals surface area (Å²) < 4.78 is 14.1. The van der Waals surface area contributed by atoms with Crippen LogP contribution in [0.5, 0.6) is 0 Å². The van der Waals surface area contributed by atoms with Crippen molar-refractivity contribution in [1.29, 1.82) is 0 Å². The number of hydrogen-bond donors (Lipinski definition) is 1. The predicted molar refractivity (Wildman–Crippen MR) is 59.8 cm³/mol. The van der Waals surface area contributed by atoms with Crippen LogP contribution >= 0.6 is 27.5 Å². The van der Waals surface area contributed by atoms with Gasteiger partial charge in [0.25, 0.3) is 0 Å². The molecule has 0 amide bonds. The molecule has 1 aromatic rings. The molecule has 0 saturated carbocycles. The maximum atomic E-state index is 13.7. The fourth-order valence-corrected chi connectivity index (χ4v) is 1.59. The summed E-state index contributed by atoms with van der Waals surface area (Å²) in [6.45, 7) is 2.86. The average molecular weight is 296 g/mol. The second-order valence-electron chi connectivity index (χ2n) is 3.65. The minimum Gasteiger partial charge on any atom is -0.481 e. The number of rotatable bonds is 2. The van der Waals surface area contributed by atoms with E-state index in [1.807, 2.05) is 0 Å². The highest BCUT2D eigenvalue weighted by Crippen LogP contribution is 2.33. The first-order chi connectivity index (χ1) is 6.78. The van der Waals surface area contributed by atoms with Gasteiger partial charge in [0.2, 0.25) is 0 Å². The molecule has 0 saturated heterocycles. The quantitative estimate of drug-likeness (QED) is 0.846. The van der Waals surface area contributed by atoms with Crippen LogP contribution in [0.1, 0.15) is 19.4 Å². The maximum absolute atomic E-state index is 13.7. The van der Waals surface area contributed by atoms with Gasteiger partial charge in [0.15, 0.2) is 0 Å². The Balaban J connectivity index is 3.40. The van der Waals surface area contributed by atoms with Gasteiger partial charge in [0.05, 0.1) is 10.4 Å². The number of halogens is 3. The van der Waals surface area contributed by atoms with Crippen molar-refractivity contribution in [2.45, 2.75) is 19.3 Å². The van der Waals surface area contributed by atoms with E-state index in [1.54, 1.807) is 0 Å². The van der Waals surface area contributed by atoms with Crippen LogP contribution in [0.3, 0.4) is 0 Å². The van der Waals surface area contributed by atoms with Gasteiger partial charge in [-0.2, -0.15) is 0 Å². The Morgan fingerprint density at radius 3 is 2.53 bits per heavy atom. The highest BCUT2D eigenvalue weighted by Gasteiger charge is 2.33. The SMILES string of the molecule is CC(C)(C(=O)O)c1ccc(Br)c(Cl)c1F. The van der Waals surface area contributed by atoms with Crippen molar-refractivity contribution >= 4 is 33.5 Å². The summed E-state index contributed by atoms with van der Waals surface area (Å²) in [5.74, 6) is -1.79. The van der Waals surface area contributed by atoms with Gasteiger partial charge in [-0.05, 0) is 35.8 Å². The van der Waals surface area contributed by atoms with Crippen LogP contribution < -0.4 is 0 Å². The number of aliphatic carboxylic acids is 1. The molecule has 82 valence electrons. The van der Waals surface area contributed by atoms with Gasteiger partial charge in [-0.3, -0.25) is 4.79 Å². The fraction of sp³-hybridized carbons (Fsp3) is 0.300. The zero-order valence-corrected chi connectivity index (χ0v) is 10.5. The summed E-state index contributed by atoms with van der Waals surface area (Å²) in [6, 6.07) is 2.95. The van der Waals surface area contributed by atoms with Crippen molar-refractivity contribution in [2.24, 2.45) is 0 Å². The lowest BCUT2D eigenvalue weighted by molar-refractivity contribution is -0.142. The minimum atomic E-state index is -1.30. The Labute approximate surface area is 100 Å². The zero-order chi connectivity index (χ0) is 11.8. The molecule has 1 rings (SSSR count). The van der Waals surface area contributed by atoms with Crippen LogP contribution in [0, 0.1) is 5.82 Å². The van der Waals surface area contributed by atoms with Gasteiger partial charge in [0, 0.05) is 10.0 Å². The Bertz CT molecular complexity index is 418. The third-order valence-corrected chi connectivity index (χ3v) is 3.50. The molecule has 0 atom stereocenters. The molecular formula is C10H9BrClFO2. The van der Waals surface area contributed by atoms with Gasteiger partial charge in [0.1, 0.15) is 5.82 Å². The molecule has 0 heterocycles. The molecule has 1 aromatic carbocycles. The van der Waals surface area contributed by atoms with Gasteiger partial charge < -0.3 is 5.11 Å². The highest BCUT2D eigenvalue weighted by atomic mass is 79.9. The number of carboxylic acids is 1. The van der Waals surface area contributed by atoms with Gasteiger partial charge in [-0.25, -0.2) is 4.39 Å². The minimum absolute atomic E-state index is 0.0724. The Kier molecular flexibility index (Phi) is 3.41. The summed E-state index contributed by atoms with van der Waals surface area (Å²) in [5, 5.41) is 8.86. The molecule has 15 heavy (non-hydrogen) atoms. The second-order valence-corrected chi connectivity index (χ2v) is 4.89. The molecule has 2 nitrogen and oxygen atoms in total. The topological polar surface area (TPSA) is 37.3 Å². The molecular weight excluding hydrogens is 286 g/mol. The lowest BCUT2D eigenvalue weighted by atomic mass is 9.84. The predicted octanol–water partition coefficient (Wildman–Crippen LogP) is 3.60. The van der Waals surface area contributed by atoms with Crippen LogP contribution in [-0.4, -0.2) is 11.1 Å². The Morgan fingerprint density at radius 2 is 2.07 bits per heavy atom. The molecule has 0 unspecified atom stereocenters. The Hall–Kier alpha value is -0.610. The van der Waals surface area contributed by atoms with Crippen LogP contribution in [0.4, 0.5) is 4.39 Å². The molecule has 0 aliphatic rings. The molecule has 0 aliphatic heterocycles. The van der Waals surface area contributed by atoms with Gasteiger partial charge in [-0.15, -0.1) is 0 Å². The number of carbonyl (C=O) groups is 1. The van der Waals surface area contributed by atoms with Gasteiger partial charge >= 0.3 is 5.97 Å². The lowest BCUT2D eigenvalue weighted by Gasteiger charge is -2.21. The number of carboxylic acid groups (broad SMARTS) is 1. The lowest BCUT2D eigenvalue weighted by Crippen LogP contribution is -2.29. The molecule has 0 spiro atoms. The summed E-state index contributed by atoms with van der Waals surface area (Å²) in [4.78, 5) is 10.9. The van der Waals surface area contributed by atoms with Crippen LogP contribution in [0.2, 0.25) is 5.02 Å². The monoisotopic (exact) mass is 294 g/mol. The Morgan fingerprint density at radius 1 is 1.53 bits per heavy atom. The van der Waals surface area contributed by atoms with Crippen molar-refractivity contribution in [1.82, 2.24) is 0 Å². The summed E-state index contributed by atoms with van der Waals surface area (Å²) in [5.41, 5.74) is -1.22. The van der Waals surface area contributed by atoms with Gasteiger partial charge in [-0.1, -0.05) is 17.7 Å². The molecule has 0 aromatic heterocycles. The van der Waals surface area contributed by atoms with Crippen LogP contribution in [-0.2, 0) is 10.2 Å². The van der Waals surface area contributed by atoms with Crippen molar-refractivity contribution in [3.05, 3.63) is 33.0 Å². The van der Waals surface area contributed by atoms with E-state index in [9.17, 15) is 9.18 Å². The molecule has 0 aliphatic carbocycles. The first-order valence-electron chi connectivity index (χ1n) is 4.16. The summed E-state index contributed by atoms with van der Waals surface area (Å²) in [6.07, 6.45) is 0. The number of benzene rings is 1. The smallest absolute Gasteiger partial charge is 0.313 e. The van der Waals surface area contributed by atoms with E-state index < -0.39 is 17.2 Å².